The number of hydrogen-bond donors (Lipinski definition) is 8. The second-order valence-electron chi connectivity index (χ2n) is 22.4. The number of methoxy groups -OCH3 is 1. The zero-order valence-corrected chi connectivity index (χ0v) is 60.4. The van der Waals surface area contributed by atoms with Crippen LogP contribution in [0.15, 0.2) is 140 Å². The number of benzene rings is 5. The van der Waals surface area contributed by atoms with Gasteiger partial charge in [-0.3, -0.25) is 33.7 Å². The van der Waals surface area contributed by atoms with Gasteiger partial charge in [0.25, 0.3) is 0 Å². The summed E-state index contributed by atoms with van der Waals surface area (Å²) < 4.78 is 222. The van der Waals surface area contributed by atoms with E-state index in [1.807, 2.05) is 30.3 Å². The van der Waals surface area contributed by atoms with Crippen molar-refractivity contribution in [1.29, 1.82) is 0 Å². The summed E-state index contributed by atoms with van der Waals surface area (Å²) in [4.78, 5) is 27.3. The van der Waals surface area contributed by atoms with Crippen molar-refractivity contribution in [2.24, 2.45) is 0 Å². The number of hydrogen-bond acceptors (Lipinski definition) is 18. The zero-order chi connectivity index (χ0) is 75.7. The number of nitrogens with zero attached hydrogens (tertiary/aromatic N) is 4. The summed E-state index contributed by atoms with van der Waals surface area (Å²) in [6.07, 6.45) is 7.67. The summed E-state index contributed by atoms with van der Waals surface area (Å²) in [5, 5.41) is 12.6. The minimum Gasteiger partial charge on any atom is -0.481 e. The molecule has 0 radical (unpaired) electrons. The monoisotopic (exact) mass is 1530 g/mol. The van der Waals surface area contributed by atoms with Gasteiger partial charge >= 0.3 is 0 Å². The van der Waals surface area contributed by atoms with E-state index in [9.17, 15) is 73.6 Å². The fraction of sp³-hybridized carbons (Fsp3) is 0.279. The van der Waals surface area contributed by atoms with Crippen molar-refractivity contribution < 1.29 is 78.3 Å². The van der Waals surface area contributed by atoms with Gasteiger partial charge in [-0.05, 0) is 124 Å². The maximum absolute atomic E-state index is 14.6. The van der Waals surface area contributed by atoms with Crippen molar-refractivity contribution in [2.45, 2.75) is 92.9 Å². The second kappa shape index (κ2) is 38.6. The number of rotatable bonds is 31. The molecule has 4 aromatic heterocycles. The summed E-state index contributed by atoms with van der Waals surface area (Å²) in [6, 6.07) is 27.4. The van der Waals surface area contributed by atoms with Crippen LogP contribution in [-0.4, -0.2) is 89.5 Å². The second-order valence-corrected chi connectivity index (χ2v) is 30.2. The first-order valence-corrected chi connectivity index (χ1v) is 38.5. The van der Waals surface area contributed by atoms with Crippen LogP contribution in [0.4, 0.5) is 80.6 Å². The van der Waals surface area contributed by atoms with Crippen LogP contribution in [0.1, 0.15) is 88.2 Å². The van der Waals surface area contributed by atoms with Crippen LogP contribution in [0.5, 0.6) is 5.88 Å². The first-order chi connectivity index (χ1) is 48.8. The van der Waals surface area contributed by atoms with E-state index < -0.39 is 86.6 Å². The average molecular weight is 1540 g/mol. The molecule has 5 aromatic carbocycles. The van der Waals surface area contributed by atoms with Gasteiger partial charge in [-0.15, -0.1) is 0 Å². The van der Waals surface area contributed by atoms with Crippen LogP contribution in [0.25, 0.3) is 10.9 Å². The highest BCUT2D eigenvalue weighted by atomic mass is 35.5. The van der Waals surface area contributed by atoms with E-state index in [-0.39, 0.29) is 106 Å². The maximum atomic E-state index is 14.6. The highest BCUT2D eigenvalue weighted by Crippen LogP contribution is 2.29. The Kier molecular flexibility index (Phi) is 30.8. The van der Waals surface area contributed by atoms with Crippen molar-refractivity contribution in [1.82, 2.24) is 19.9 Å². The Hall–Kier alpha value is -9.64. The fourth-order valence-electron chi connectivity index (χ4n) is 9.21. The molecule has 9 aromatic rings. The molecule has 22 nitrogen and oxygen atoms in total. The molecule has 103 heavy (non-hydrogen) atoms. The van der Waals surface area contributed by atoms with E-state index in [2.05, 4.69) is 60.1 Å². The third-order valence-corrected chi connectivity index (χ3v) is 20.2. The van der Waals surface area contributed by atoms with E-state index in [4.69, 9.17) is 16.3 Å². The number of carbonyl (C=O) groups excluding carboxylic acids is 1. The molecule has 4 heterocycles. The number of anilines is 8. The van der Waals surface area contributed by atoms with Crippen LogP contribution < -0.4 is 44.9 Å². The van der Waals surface area contributed by atoms with Crippen LogP contribution in [0.2, 0.25) is 5.15 Å². The minimum atomic E-state index is -3.69. The van der Waals surface area contributed by atoms with Crippen LogP contribution in [0.3, 0.4) is 0 Å². The molecule has 0 aliphatic rings. The first-order valence-electron chi connectivity index (χ1n) is 31.5. The quantitative estimate of drug-likeness (QED) is 0.0148. The molecular weight excluding hydrogens is 1460 g/mol. The largest absolute Gasteiger partial charge is 0.481 e. The lowest BCUT2D eigenvalue weighted by molar-refractivity contribution is -0.116. The van der Waals surface area contributed by atoms with Gasteiger partial charge in [0.15, 0.2) is 23.3 Å². The predicted molar refractivity (Wildman–Crippen MR) is 386 cm³/mol. The predicted octanol–water partition coefficient (Wildman–Crippen LogP) is 14.4. The number of halogens is 9. The molecule has 35 heteroatoms. The van der Waals surface area contributed by atoms with Gasteiger partial charge < -0.3 is 26.0 Å². The molecule has 0 bridgehead atoms. The third kappa shape index (κ3) is 26.0. The van der Waals surface area contributed by atoms with E-state index in [1.165, 1.54) is 38.7 Å². The number of fused-ring (bicyclic) bond motifs is 1. The van der Waals surface area contributed by atoms with Crippen molar-refractivity contribution in [3.05, 3.63) is 220 Å². The van der Waals surface area contributed by atoms with Crippen molar-refractivity contribution in [3.8, 4) is 5.88 Å². The molecule has 0 fully saturated rings. The van der Waals surface area contributed by atoms with Crippen molar-refractivity contribution >= 4 is 114 Å². The molecule has 0 aliphatic carbocycles. The number of ether oxygens (including phenoxy) is 1. The summed E-state index contributed by atoms with van der Waals surface area (Å²) in [5.74, 6) is -7.10. The number of ketones is 1. The summed E-state index contributed by atoms with van der Waals surface area (Å²) >= 11 is 5.66. The molecule has 0 saturated heterocycles. The third-order valence-electron chi connectivity index (χ3n) is 14.1. The van der Waals surface area contributed by atoms with Gasteiger partial charge in [-0.2, -0.15) is 0 Å². The number of para-hydroxylation sites is 1. The van der Waals surface area contributed by atoms with Gasteiger partial charge in [-0.25, -0.2) is 78.8 Å². The molecule has 0 amide bonds. The van der Waals surface area contributed by atoms with Crippen molar-refractivity contribution in [2.75, 3.05) is 70.3 Å². The first kappa shape index (κ1) is 82.3. The van der Waals surface area contributed by atoms with Crippen molar-refractivity contribution in [3.63, 3.8) is 0 Å². The van der Waals surface area contributed by atoms with E-state index in [0.29, 0.717) is 65.2 Å². The minimum absolute atomic E-state index is 0.0188. The molecule has 0 saturated carbocycles. The Morgan fingerprint density at radius 2 is 0.757 bits per heavy atom. The fourth-order valence-corrected chi connectivity index (χ4v) is 13.8. The number of carbonyl (C=O) groups is 1. The SMILES string of the molecule is CCCS(=O)(=O)Nc1ccc(F)c(CNc2ccc(CC(C)=O)nc2)c1F.CCCS(=O)(=O)Nc1ccc(F)c(CNc2ccc(Cl)nc2)c1F.CCCS(=O)(=O)Nc1ccc(F)c(CNc2ccc(OC)nc2)c1F.CCCS(=O)(=O)Nc1ccc(F)c(CNc2cnc3ccccc3c2)c1F. The lowest BCUT2D eigenvalue weighted by Crippen LogP contribution is -2.18. The summed E-state index contributed by atoms with van der Waals surface area (Å²) in [7, 11) is -13.2. The van der Waals surface area contributed by atoms with Gasteiger partial charge in [-0.1, -0.05) is 57.5 Å². The Morgan fingerprint density at radius 1 is 0.417 bits per heavy atom. The highest BCUT2D eigenvalue weighted by Gasteiger charge is 2.23. The number of Topliss-reactive ketones (excluding diaryl/α,β-unsaturated/α-hetero) is 1. The Morgan fingerprint density at radius 3 is 1.08 bits per heavy atom. The van der Waals surface area contributed by atoms with E-state index in [1.54, 1.807) is 64.2 Å². The highest BCUT2D eigenvalue weighted by molar-refractivity contribution is 7.93. The molecule has 8 N–H and O–H groups in total. The Balaban J connectivity index is 0.000000216. The van der Waals surface area contributed by atoms with E-state index in [0.717, 1.165) is 59.4 Å². The number of sulfonamides is 4. The van der Waals surface area contributed by atoms with E-state index >= 15 is 0 Å². The maximum Gasteiger partial charge on any atom is 0.232 e. The lowest BCUT2D eigenvalue weighted by Gasteiger charge is -2.13. The standard InChI is InChI=1S/C19H19F2N3O2S.C18H21F2N3O3S.C16H19F2N3O3S.C15H16ClF2N3O2S/c1-2-9-27(25,26)24-18-8-7-16(20)15(19(18)21)12-22-14-10-13-5-3-4-6-17(13)23-11-14;1-3-8-27(25,26)23-17-7-6-16(19)15(18(17)20)11-22-14-5-4-13(21-10-14)9-12(2)24;1-3-8-25(22,23)21-14-6-5-13(17)12(16(14)18)10-19-11-4-7-15(24-2)20-9-11;1-2-7-24(22,23)21-13-5-4-12(17)11(15(13)18)9-19-10-3-6-14(16)20-8-10/h3-8,10-11,22,24H,2,9,12H2,1H3;4-7,10,22-23H,3,8-9,11H2,1-2H3;4-7,9,19,21H,3,8,10H2,1-2H3;3-6,8,19,21H,2,7,9H2,1H3. The molecule has 554 valence electrons. The molecular formula is C68H75ClF8N12O10S4. The summed E-state index contributed by atoms with van der Waals surface area (Å²) in [6.45, 7) is 7.53. The van der Waals surface area contributed by atoms with Gasteiger partial charge in [0.1, 0.15) is 34.2 Å². The van der Waals surface area contributed by atoms with Crippen LogP contribution in [0, 0.1) is 46.5 Å². The van der Waals surface area contributed by atoms with Crippen LogP contribution >= 0.6 is 11.6 Å². The molecule has 0 spiro atoms. The van der Waals surface area contributed by atoms with Gasteiger partial charge in [0.2, 0.25) is 46.0 Å². The smallest absolute Gasteiger partial charge is 0.232 e. The number of pyridine rings is 4. The van der Waals surface area contributed by atoms with Crippen LogP contribution in [-0.2, 0) is 77.5 Å². The molecule has 0 aliphatic heterocycles. The zero-order valence-electron chi connectivity index (χ0n) is 56.4. The molecule has 0 unspecified atom stereocenters. The molecule has 9 rings (SSSR count). The molecule has 0 atom stereocenters. The number of nitrogens with one attached hydrogen (secondary N) is 8. The van der Waals surface area contributed by atoms with Gasteiger partial charge in [0, 0.05) is 72.0 Å². The number of aromatic nitrogens is 4. The van der Waals surface area contributed by atoms with Gasteiger partial charge in [0.05, 0.1) is 106 Å². The average Bonchev–Trinajstić information content (AvgIpc) is 0.835. The normalized spacial score (nSPS) is 11.3. The topological polar surface area (TPSA) is 311 Å². The Labute approximate surface area is 597 Å². The Bertz CT molecular complexity index is 4840. The summed E-state index contributed by atoms with van der Waals surface area (Å²) in [5.41, 5.74) is 1.37. The lowest BCUT2D eigenvalue weighted by atomic mass is 10.1.